The van der Waals surface area contributed by atoms with Gasteiger partial charge in [0, 0.05) is 24.7 Å². The minimum absolute atomic E-state index is 0. The van der Waals surface area contributed by atoms with E-state index in [2.05, 4.69) is 41.3 Å². The molecule has 30 heavy (non-hydrogen) atoms. The van der Waals surface area contributed by atoms with E-state index in [0.29, 0.717) is 6.61 Å². The van der Waals surface area contributed by atoms with E-state index in [1.54, 1.807) is 0 Å². The van der Waals surface area contributed by atoms with Gasteiger partial charge in [0.2, 0.25) is 0 Å². The lowest BCUT2D eigenvalue weighted by molar-refractivity contribution is 0.0206. The number of rotatable bonds is 8. The van der Waals surface area contributed by atoms with Gasteiger partial charge in [-0.15, -0.1) is 24.0 Å². The molecule has 3 aliphatic heterocycles. The number of likely N-dealkylation sites (tertiary alicyclic amines) is 2. The van der Waals surface area contributed by atoms with Crippen LogP contribution in [0.5, 0.6) is 0 Å². The van der Waals surface area contributed by atoms with Gasteiger partial charge in [-0.05, 0) is 79.2 Å². The fourth-order valence-electron chi connectivity index (χ4n) is 4.72. The molecule has 0 aromatic carbocycles. The Balaban J connectivity index is 0.00000320. The Morgan fingerprint density at radius 3 is 2.57 bits per heavy atom. The zero-order valence-electron chi connectivity index (χ0n) is 19.3. The van der Waals surface area contributed by atoms with Crippen molar-refractivity contribution in [1.82, 2.24) is 20.4 Å². The second kappa shape index (κ2) is 13.4. The lowest BCUT2D eigenvalue weighted by Crippen LogP contribution is -2.58. The van der Waals surface area contributed by atoms with Crippen LogP contribution in [-0.4, -0.2) is 99.6 Å². The Morgan fingerprint density at radius 1 is 1.20 bits per heavy atom. The zero-order valence-corrected chi connectivity index (χ0v) is 21.7. The van der Waals surface area contributed by atoms with Gasteiger partial charge in [-0.1, -0.05) is 6.42 Å². The Hall–Kier alpha value is -0.160. The van der Waals surface area contributed by atoms with Gasteiger partial charge in [0.25, 0.3) is 0 Å². The van der Waals surface area contributed by atoms with E-state index in [9.17, 15) is 0 Å². The van der Waals surface area contributed by atoms with Gasteiger partial charge in [0.1, 0.15) is 0 Å². The van der Waals surface area contributed by atoms with Gasteiger partial charge in [-0.2, -0.15) is 0 Å². The van der Waals surface area contributed by atoms with Crippen molar-refractivity contribution in [3.05, 3.63) is 0 Å². The van der Waals surface area contributed by atoms with Crippen molar-refractivity contribution in [2.24, 2.45) is 4.99 Å². The van der Waals surface area contributed by atoms with Crippen molar-refractivity contribution in [1.29, 1.82) is 0 Å². The number of halogens is 1. The summed E-state index contributed by atoms with van der Waals surface area (Å²) in [7, 11) is 2.24. The molecule has 3 aliphatic rings. The number of guanidine groups is 1. The fourth-order valence-corrected chi connectivity index (χ4v) is 4.72. The van der Waals surface area contributed by atoms with E-state index in [4.69, 9.17) is 14.5 Å². The molecular formula is C22H44IN5O2. The summed E-state index contributed by atoms with van der Waals surface area (Å²) in [5.41, 5.74) is 0.218. The Bertz CT molecular complexity index is 502. The first kappa shape index (κ1) is 26.1. The predicted molar refractivity (Wildman–Crippen MR) is 134 cm³/mol. The molecule has 0 aliphatic carbocycles. The van der Waals surface area contributed by atoms with Gasteiger partial charge in [-0.25, -0.2) is 0 Å². The Kier molecular flexibility index (Phi) is 11.7. The van der Waals surface area contributed by atoms with Crippen LogP contribution >= 0.6 is 24.0 Å². The van der Waals surface area contributed by atoms with E-state index < -0.39 is 0 Å². The standard InChI is InChI=1S/C22H43N5O2.HI/c1-4-23-21(25-19(2)16-29-20-8-15-28-17-20)24-18-22(9-13-26(3)14-10-22)27-11-6-5-7-12-27;/h19-20H,4-18H2,1-3H3,(H2,23,24,25);1H. The van der Waals surface area contributed by atoms with Crippen molar-refractivity contribution in [2.75, 3.05) is 66.1 Å². The molecule has 0 aromatic heterocycles. The van der Waals surface area contributed by atoms with Crippen LogP contribution in [0.3, 0.4) is 0 Å². The van der Waals surface area contributed by atoms with Crippen LogP contribution in [0.15, 0.2) is 4.99 Å². The van der Waals surface area contributed by atoms with E-state index >= 15 is 0 Å². The highest BCUT2D eigenvalue weighted by molar-refractivity contribution is 14.0. The normalized spacial score (nSPS) is 26.8. The molecule has 3 fully saturated rings. The fraction of sp³-hybridized carbons (Fsp3) is 0.955. The van der Waals surface area contributed by atoms with Gasteiger partial charge in [0.05, 0.1) is 25.9 Å². The second-order valence-corrected chi connectivity index (χ2v) is 9.13. The highest BCUT2D eigenvalue weighted by atomic mass is 127. The van der Waals surface area contributed by atoms with Gasteiger partial charge in [-0.3, -0.25) is 9.89 Å². The van der Waals surface area contributed by atoms with Crippen molar-refractivity contribution < 1.29 is 9.47 Å². The molecule has 7 nitrogen and oxygen atoms in total. The molecule has 0 amide bonds. The first-order valence-electron chi connectivity index (χ1n) is 11.8. The highest BCUT2D eigenvalue weighted by Crippen LogP contribution is 2.31. The average molecular weight is 538 g/mol. The minimum Gasteiger partial charge on any atom is -0.379 e. The topological polar surface area (TPSA) is 61.4 Å². The van der Waals surface area contributed by atoms with Crippen LogP contribution in [0.1, 0.15) is 52.4 Å². The number of hydrogen-bond donors (Lipinski definition) is 2. The van der Waals surface area contributed by atoms with E-state index in [1.807, 2.05) is 0 Å². The number of piperidine rings is 2. The lowest BCUT2D eigenvalue weighted by Gasteiger charge is -2.49. The summed E-state index contributed by atoms with van der Waals surface area (Å²) in [6.07, 6.45) is 7.73. The molecule has 2 atom stereocenters. The Morgan fingerprint density at radius 2 is 1.93 bits per heavy atom. The molecule has 0 aromatic rings. The molecule has 0 saturated carbocycles. The quantitative estimate of drug-likeness (QED) is 0.282. The van der Waals surface area contributed by atoms with E-state index in [0.717, 1.165) is 38.7 Å². The third-order valence-corrected chi connectivity index (χ3v) is 6.67. The summed E-state index contributed by atoms with van der Waals surface area (Å²) in [5, 5.41) is 6.99. The third-order valence-electron chi connectivity index (χ3n) is 6.67. The summed E-state index contributed by atoms with van der Waals surface area (Å²) in [5.74, 6) is 0.918. The zero-order chi connectivity index (χ0) is 20.5. The lowest BCUT2D eigenvalue weighted by atomic mass is 9.84. The summed E-state index contributed by atoms with van der Waals surface area (Å²) < 4.78 is 11.4. The smallest absolute Gasteiger partial charge is 0.191 e. The number of aliphatic imine (C=N–C) groups is 1. The maximum Gasteiger partial charge on any atom is 0.191 e. The largest absolute Gasteiger partial charge is 0.379 e. The number of hydrogen-bond acceptors (Lipinski definition) is 5. The molecule has 0 radical (unpaired) electrons. The summed E-state index contributed by atoms with van der Waals surface area (Å²) >= 11 is 0. The molecule has 3 rings (SSSR count). The highest BCUT2D eigenvalue weighted by Gasteiger charge is 2.39. The number of ether oxygens (including phenoxy) is 2. The van der Waals surface area contributed by atoms with E-state index in [-0.39, 0.29) is 41.7 Å². The molecule has 176 valence electrons. The number of nitrogens with one attached hydrogen (secondary N) is 2. The predicted octanol–water partition coefficient (Wildman–Crippen LogP) is 2.30. The molecule has 2 N–H and O–H groups in total. The van der Waals surface area contributed by atoms with Crippen molar-refractivity contribution in [2.45, 2.75) is 70.1 Å². The minimum atomic E-state index is 0. The number of nitrogens with zero attached hydrogens (tertiary/aromatic N) is 3. The van der Waals surface area contributed by atoms with Crippen molar-refractivity contribution in [3.8, 4) is 0 Å². The molecule has 3 heterocycles. The van der Waals surface area contributed by atoms with Gasteiger partial charge in [0.15, 0.2) is 5.96 Å². The first-order chi connectivity index (χ1) is 14.1. The first-order valence-corrected chi connectivity index (χ1v) is 11.8. The van der Waals surface area contributed by atoms with Crippen LogP contribution in [0.2, 0.25) is 0 Å². The molecule has 0 bridgehead atoms. The van der Waals surface area contributed by atoms with Gasteiger partial charge < -0.3 is 25.0 Å². The maximum absolute atomic E-state index is 5.98. The van der Waals surface area contributed by atoms with Crippen LogP contribution in [0.25, 0.3) is 0 Å². The summed E-state index contributed by atoms with van der Waals surface area (Å²) in [6.45, 7) is 13.1. The molecular weight excluding hydrogens is 493 g/mol. The molecule has 8 heteroatoms. The summed E-state index contributed by atoms with van der Waals surface area (Å²) in [6, 6.07) is 0.219. The molecule has 3 saturated heterocycles. The van der Waals surface area contributed by atoms with Crippen molar-refractivity contribution >= 4 is 29.9 Å². The Labute approximate surface area is 200 Å². The van der Waals surface area contributed by atoms with E-state index in [1.165, 1.54) is 58.3 Å². The average Bonchev–Trinajstić information content (AvgIpc) is 3.26. The van der Waals surface area contributed by atoms with Crippen LogP contribution in [0.4, 0.5) is 0 Å². The maximum atomic E-state index is 5.98. The van der Waals surface area contributed by atoms with Gasteiger partial charge >= 0.3 is 0 Å². The van der Waals surface area contributed by atoms with Crippen molar-refractivity contribution in [3.63, 3.8) is 0 Å². The third kappa shape index (κ3) is 7.76. The SMILES string of the molecule is CCNC(=NCC1(N2CCCCC2)CCN(C)CC1)NC(C)COC1CCOC1.I. The van der Waals surface area contributed by atoms with Crippen LogP contribution in [-0.2, 0) is 9.47 Å². The second-order valence-electron chi connectivity index (χ2n) is 9.13. The molecule has 0 spiro atoms. The van der Waals surface area contributed by atoms with Crippen LogP contribution < -0.4 is 10.6 Å². The monoisotopic (exact) mass is 537 g/mol. The summed E-state index contributed by atoms with van der Waals surface area (Å²) in [4.78, 5) is 10.3. The van der Waals surface area contributed by atoms with Crippen LogP contribution in [0, 0.1) is 0 Å². The molecule has 2 unspecified atom stereocenters.